The highest BCUT2D eigenvalue weighted by Crippen LogP contribution is 2.20. The third kappa shape index (κ3) is 2.87. The first-order valence-corrected chi connectivity index (χ1v) is 8.99. The van der Waals surface area contributed by atoms with Gasteiger partial charge in [0.2, 0.25) is 0 Å². The summed E-state index contributed by atoms with van der Waals surface area (Å²) in [6.45, 7) is 0. The molecule has 28 heavy (non-hydrogen) atoms. The molecule has 3 N–H and O–H groups in total. The van der Waals surface area contributed by atoms with Crippen LogP contribution < -0.4 is 0 Å². The number of carbonyl (C=O) groups excluding carboxylic acids is 1. The number of aromatic carboxylic acids is 1. The molecule has 7 heteroatoms. The van der Waals surface area contributed by atoms with Crippen LogP contribution in [-0.2, 0) is 19.3 Å². The molecule has 3 aromatic rings. The first kappa shape index (κ1) is 16.4. The SMILES string of the molecule is O=C1Cc2cc3ccc(cc4nc(cc5ccc([nH]5)c(C(=O)O)c1n2)CC4)[nH]3. The quantitative estimate of drug-likeness (QED) is 0.607. The molecule has 0 aliphatic carbocycles. The lowest BCUT2D eigenvalue weighted by Gasteiger charge is -1.96. The fourth-order valence-corrected chi connectivity index (χ4v) is 3.66. The fraction of sp³-hybridized carbons (Fsp3) is 0.143. The van der Waals surface area contributed by atoms with Gasteiger partial charge in [0.05, 0.1) is 17.6 Å². The molecule has 0 saturated carbocycles. The Labute approximate surface area is 159 Å². The Balaban J connectivity index is 1.90. The number of carbonyl (C=O) groups is 2. The molecule has 0 fully saturated rings. The Morgan fingerprint density at radius 3 is 2.14 bits per heavy atom. The van der Waals surface area contributed by atoms with E-state index in [2.05, 4.69) is 19.9 Å². The number of Topliss-reactive ketones (excluding diaryl/α,β-unsaturated/α-hetero) is 1. The lowest BCUT2D eigenvalue weighted by atomic mass is 10.1. The van der Waals surface area contributed by atoms with Gasteiger partial charge in [0.1, 0.15) is 11.3 Å². The van der Waals surface area contributed by atoms with Gasteiger partial charge < -0.3 is 15.1 Å². The van der Waals surface area contributed by atoms with Crippen molar-refractivity contribution < 1.29 is 14.7 Å². The van der Waals surface area contributed by atoms with Crippen molar-refractivity contribution in [1.29, 1.82) is 0 Å². The Hall–Kier alpha value is -3.74. The minimum Gasteiger partial charge on any atom is -0.478 e. The molecule has 8 bridgehead atoms. The first-order chi connectivity index (χ1) is 13.5. The Bertz CT molecular complexity index is 1300. The van der Waals surface area contributed by atoms with Gasteiger partial charge in [0.25, 0.3) is 0 Å². The van der Waals surface area contributed by atoms with Crippen LogP contribution in [-0.4, -0.2) is 36.8 Å². The molecule has 5 rings (SSSR count). The number of carboxylic acid groups (broad SMARTS) is 1. The number of nitrogens with zero attached hydrogens (tertiary/aromatic N) is 2. The molecule has 5 heterocycles. The molecule has 3 aromatic heterocycles. The summed E-state index contributed by atoms with van der Waals surface area (Å²) in [5, 5.41) is 9.73. The smallest absolute Gasteiger partial charge is 0.340 e. The number of carboxylic acids is 1. The van der Waals surface area contributed by atoms with Crippen molar-refractivity contribution in [3.63, 3.8) is 0 Å². The number of hydrogen-bond donors (Lipinski definition) is 3. The van der Waals surface area contributed by atoms with Crippen molar-refractivity contribution in [1.82, 2.24) is 19.9 Å². The van der Waals surface area contributed by atoms with Crippen molar-refractivity contribution >= 4 is 33.8 Å². The van der Waals surface area contributed by atoms with E-state index in [4.69, 9.17) is 0 Å². The molecule has 0 aromatic carbocycles. The number of ketones is 1. The van der Waals surface area contributed by atoms with E-state index in [1.165, 1.54) is 0 Å². The normalized spacial score (nSPS) is 13.6. The number of fused-ring (bicyclic) bond motifs is 8. The molecule has 0 radical (unpaired) electrons. The number of H-pyrrole nitrogens is 2. The zero-order valence-corrected chi connectivity index (χ0v) is 14.8. The van der Waals surface area contributed by atoms with Gasteiger partial charge in [0.15, 0.2) is 5.78 Å². The van der Waals surface area contributed by atoms with Crippen LogP contribution in [0.3, 0.4) is 0 Å². The second-order valence-corrected chi connectivity index (χ2v) is 6.96. The molecular formula is C21H16N4O3. The summed E-state index contributed by atoms with van der Waals surface area (Å²) in [6, 6.07) is 13.0. The first-order valence-electron chi connectivity index (χ1n) is 8.99. The van der Waals surface area contributed by atoms with Crippen LogP contribution in [0.5, 0.6) is 0 Å². The Kier molecular flexibility index (Phi) is 3.61. The van der Waals surface area contributed by atoms with Crippen LogP contribution in [0.15, 0.2) is 42.5 Å². The van der Waals surface area contributed by atoms with Crippen LogP contribution in [0.1, 0.15) is 37.9 Å². The van der Waals surface area contributed by atoms with Gasteiger partial charge in [-0.2, -0.15) is 0 Å². The summed E-state index contributed by atoms with van der Waals surface area (Å²) >= 11 is 0. The topological polar surface area (TPSA) is 112 Å². The van der Waals surface area contributed by atoms with Gasteiger partial charge in [-0.05, 0) is 55.3 Å². The molecule has 0 saturated heterocycles. The highest BCUT2D eigenvalue weighted by atomic mass is 16.4. The molecule has 2 aliphatic heterocycles. The van der Waals surface area contributed by atoms with Crippen molar-refractivity contribution in [3.8, 4) is 0 Å². The number of aryl methyl sites for hydroxylation is 2. The summed E-state index contributed by atoms with van der Waals surface area (Å²) in [6.07, 6.45) is 1.75. The molecule has 7 nitrogen and oxygen atoms in total. The molecule has 138 valence electrons. The minimum absolute atomic E-state index is 0.0218. The van der Waals surface area contributed by atoms with Crippen LogP contribution in [0.25, 0.3) is 22.1 Å². The zero-order chi connectivity index (χ0) is 19.3. The number of nitrogens with one attached hydrogen (secondary N) is 2. The van der Waals surface area contributed by atoms with Crippen LogP contribution in [0.4, 0.5) is 0 Å². The van der Waals surface area contributed by atoms with Crippen LogP contribution in [0.2, 0.25) is 0 Å². The average Bonchev–Trinajstić information content (AvgIpc) is 3.40. The van der Waals surface area contributed by atoms with Crippen molar-refractivity contribution in [2.24, 2.45) is 0 Å². The van der Waals surface area contributed by atoms with Crippen molar-refractivity contribution in [2.75, 3.05) is 0 Å². The molecule has 0 atom stereocenters. The molecule has 0 spiro atoms. The fourth-order valence-electron chi connectivity index (χ4n) is 3.66. The van der Waals surface area contributed by atoms with Crippen molar-refractivity contribution in [3.05, 3.63) is 70.8 Å². The van der Waals surface area contributed by atoms with E-state index in [1.807, 2.05) is 24.3 Å². The molecule has 2 aliphatic rings. The van der Waals surface area contributed by atoms with Crippen molar-refractivity contribution in [2.45, 2.75) is 19.3 Å². The van der Waals surface area contributed by atoms with Gasteiger partial charge >= 0.3 is 5.97 Å². The molecule has 0 unspecified atom stereocenters. The van der Waals surface area contributed by atoms with E-state index in [1.54, 1.807) is 18.2 Å². The van der Waals surface area contributed by atoms with Crippen LogP contribution in [0, 0.1) is 0 Å². The number of aromatic amines is 2. The largest absolute Gasteiger partial charge is 0.478 e. The third-order valence-corrected chi connectivity index (χ3v) is 4.91. The molecular weight excluding hydrogens is 356 g/mol. The molecule has 0 amide bonds. The predicted molar refractivity (Wildman–Crippen MR) is 103 cm³/mol. The number of hydrogen-bond acceptors (Lipinski definition) is 4. The third-order valence-electron chi connectivity index (χ3n) is 4.91. The summed E-state index contributed by atoms with van der Waals surface area (Å²) in [5.41, 5.74) is 5.14. The highest BCUT2D eigenvalue weighted by molar-refractivity contribution is 6.09. The van der Waals surface area contributed by atoms with Crippen LogP contribution >= 0.6 is 0 Å². The van der Waals surface area contributed by atoms with E-state index in [0.29, 0.717) is 11.2 Å². The van der Waals surface area contributed by atoms with Gasteiger partial charge in [-0.1, -0.05) is 0 Å². The lowest BCUT2D eigenvalue weighted by molar-refractivity contribution is 0.0694. The summed E-state index contributed by atoms with van der Waals surface area (Å²) in [7, 11) is 0. The standard InChI is InChI=1S/C21H16N4O3/c26-18-10-16-9-14-4-3-12(23-14)7-11-1-2-13(22-11)8-15-5-6-17(24-15)19(21(27)28)20(18)25-16/h3-9,23-24H,1-2,10H2,(H,27,28). The second kappa shape index (κ2) is 6.16. The van der Waals surface area contributed by atoms with E-state index in [9.17, 15) is 14.7 Å². The second-order valence-electron chi connectivity index (χ2n) is 6.96. The summed E-state index contributed by atoms with van der Waals surface area (Å²) in [4.78, 5) is 39.7. The zero-order valence-electron chi connectivity index (χ0n) is 14.8. The maximum absolute atomic E-state index is 12.5. The van der Waals surface area contributed by atoms with E-state index in [-0.39, 0.29) is 23.5 Å². The minimum atomic E-state index is -1.19. The van der Waals surface area contributed by atoms with Gasteiger partial charge in [0, 0.05) is 27.9 Å². The summed E-state index contributed by atoms with van der Waals surface area (Å²) < 4.78 is 0. The Morgan fingerprint density at radius 2 is 1.46 bits per heavy atom. The maximum Gasteiger partial charge on any atom is 0.340 e. The average molecular weight is 372 g/mol. The van der Waals surface area contributed by atoms with Gasteiger partial charge in [-0.3, -0.25) is 9.78 Å². The predicted octanol–water partition coefficient (Wildman–Crippen LogP) is 3.22. The highest BCUT2D eigenvalue weighted by Gasteiger charge is 2.24. The van der Waals surface area contributed by atoms with Gasteiger partial charge in [-0.15, -0.1) is 0 Å². The maximum atomic E-state index is 12.5. The monoisotopic (exact) mass is 372 g/mol. The lowest BCUT2D eigenvalue weighted by Crippen LogP contribution is -2.06. The summed E-state index contributed by atoms with van der Waals surface area (Å²) in [5.74, 6) is -1.49. The number of rotatable bonds is 1. The van der Waals surface area contributed by atoms with E-state index >= 15 is 0 Å². The van der Waals surface area contributed by atoms with Gasteiger partial charge in [-0.25, -0.2) is 9.78 Å². The Morgan fingerprint density at radius 1 is 0.857 bits per heavy atom. The number of aromatic nitrogens is 4. The van der Waals surface area contributed by atoms with E-state index in [0.717, 1.165) is 40.8 Å². The van der Waals surface area contributed by atoms with E-state index < -0.39 is 5.97 Å².